The van der Waals surface area contributed by atoms with Gasteiger partial charge in [0, 0.05) is 51.2 Å². The number of hydrogen-bond acceptors (Lipinski definition) is 12. The van der Waals surface area contributed by atoms with E-state index in [4.69, 9.17) is 9.47 Å². The van der Waals surface area contributed by atoms with E-state index in [9.17, 15) is 43.6 Å². The van der Waals surface area contributed by atoms with Crippen LogP contribution in [-0.4, -0.2) is 62.2 Å². The van der Waals surface area contributed by atoms with Crippen LogP contribution in [-0.2, 0) is 46.4 Å². The number of nitrogens with one attached hydrogen (secondary N) is 4. The predicted octanol–water partition coefficient (Wildman–Crippen LogP) is -0.191. The van der Waals surface area contributed by atoms with Gasteiger partial charge < -0.3 is 24.7 Å². The SMILES string of the molecule is Cn1cc(COC(=O)CCNC(=O)c2cccc(N=Cc3ccc(C(=O)NCCC(=O)OCc4cc(=O)[nH]c(=O)n4C)c(C#N)c3)c2)c(=O)[nH]c1=O. The van der Waals surface area contributed by atoms with E-state index < -0.39 is 46.3 Å². The first-order valence-corrected chi connectivity index (χ1v) is 15.5. The van der Waals surface area contributed by atoms with Gasteiger partial charge in [-0.05, 0) is 35.9 Å². The van der Waals surface area contributed by atoms with Crippen molar-refractivity contribution in [3.63, 3.8) is 0 Å². The lowest BCUT2D eigenvalue weighted by Gasteiger charge is -2.09. The van der Waals surface area contributed by atoms with Gasteiger partial charge in [-0.25, -0.2) is 9.59 Å². The normalized spacial score (nSPS) is 10.7. The zero-order valence-electron chi connectivity index (χ0n) is 27.9. The Morgan fingerprint density at radius 3 is 2.27 bits per heavy atom. The third-order valence-electron chi connectivity index (χ3n) is 7.32. The lowest BCUT2D eigenvalue weighted by molar-refractivity contribution is -0.145. The fourth-order valence-corrected chi connectivity index (χ4v) is 4.48. The molecule has 0 unspecified atom stereocenters. The Morgan fingerprint density at radius 2 is 1.56 bits per heavy atom. The van der Waals surface area contributed by atoms with E-state index in [2.05, 4.69) is 25.6 Å². The second-order valence-corrected chi connectivity index (χ2v) is 11.1. The molecule has 0 spiro atoms. The summed E-state index contributed by atoms with van der Waals surface area (Å²) in [6.45, 7) is -0.798. The molecule has 4 N–H and O–H groups in total. The molecule has 0 saturated heterocycles. The van der Waals surface area contributed by atoms with E-state index in [-0.39, 0.29) is 67.1 Å². The Morgan fingerprint density at radius 1 is 0.865 bits per heavy atom. The third-order valence-corrected chi connectivity index (χ3v) is 7.32. The molecule has 0 aliphatic rings. The van der Waals surface area contributed by atoms with Crippen LogP contribution < -0.4 is 33.1 Å². The Labute approximate surface area is 293 Å². The summed E-state index contributed by atoms with van der Waals surface area (Å²) < 4.78 is 12.4. The number of aromatic amines is 2. The Balaban J connectivity index is 1.25. The number of hydrogen-bond donors (Lipinski definition) is 4. The Bertz CT molecular complexity index is 2330. The Hall–Kier alpha value is -7.16. The summed E-state index contributed by atoms with van der Waals surface area (Å²) in [6, 6.07) is 13.8. The highest BCUT2D eigenvalue weighted by Gasteiger charge is 2.14. The largest absolute Gasteiger partial charge is 0.460 e. The molecule has 2 aromatic carbocycles. The summed E-state index contributed by atoms with van der Waals surface area (Å²) in [4.78, 5) is 105. The second-order valence-electron chi connectivity index (χ2n) is 11.1. The maximum atomic E-state index is 12.7. The molecule has 0 saturated carbocycles. The number of ether oxygens (including phenoxy) is 2. The minimum Gasteiger partial charge on any atom is -0.460 e. The second kappa shape index (κ2) is 17.5. The number of H-pyrrole nitrogens is 2. The first-order valence-electron chi connectivity index (χ1n) is 15.5. The van der Waals surface area contributed by atoms with Gasteiger partial charge in [0.25, 0.3) is 22.9 Å². The van der Waals surface area contributed by atoms with Gasteiger partial charge in [0.1, 0.15) is 13.2 Å². The number of amides is 2. The first kappa shape index (κ1) is 37.7. The van der Waals surface area contributed by atoms with Crippen LogP contribution in [0.5, 0.6) is 0 Å². The van der Waals surface area contributed by atoms with Crippen molar-refractivity contribution >= 4 is 35.7 Å². The topological polar surface area (TPSA) is 257 Å². The van der Waals surface area contributed by atoms with Gasteiger partial charge in [0.15, 0.2) is 0 Å². The summed E-state index contributed by atoms with van der Waals surface area (Å²) in [5.41, 5.74) is -0.996. The maximum absolute atomic E-state index is 12.7. The minimum absolute atomic E-state index is 0.0452. The van der Waals surface area contributed by atoms with Crippen LogP contribution in [0.4, 0.5) is 5.69 Å². The van der Waals surface area contributed by atoms with E-state index in [0.717, 1.165) is 15.2 Å². The van der Waals surface area contributed by atoms with Gasteiger partial charge >= 0.3 is 23.3 Å². The van der Waals surface area contributed by atoms with E-state index in [0.29, 0.717) is 11.3 Å². The molecule has 0 bridgehead atoms. The van der Waals surface area contributed by atoms with Crippen LogP contribution in [0.1, 0.15) is 55.9 Å². The van der Waals surface area contributed by atoms with Crippen LogP contribution in [0.3, 0.4) is 0 Å². The van der Waals surface area contributed by atoms with Crippen molar-refractivity contribution in [1.29, 1.82) is 5.26 Å². The van der Waals surface area contributed by atoms with E-state index in [1.807, 2.05) is 6.07 Å². The minimum atomic E-state index is -0.683. The average Bonchev–Trinajstić information content (AvgIpc) is 3.12. The van der Waals surface area contributed by atoms with Crippen LogP contribution in [0, 0.1) is 11.3 Å². The van der Waals surface area contributed by atoms with Crippen LogP contribution >= 0.6 is 0 Å². The Kier molecular flexibility index (Phi) is 12.7. The predicted molar refractivity (Wildman–Crippen MR) is 183 cm³/mol. The molecule has 268 valence electrons. The van der Waals surface area contributed by atoms with Crippen molar-refractivity contribution in [3.8, 4) is 6.07 Å². The van der Waals surface area contributed by atoms with Gasteiger partial charge in [-0.1, -0.05) is 12.1 Å². The number of aryl methyl sites for hydroxylation is 1. The van der Waals surface area contributed by atoms with Crippen LogP contribution in [0.2, 0.25) is 0 Å². The highest BCUT2D eigenvalue weighted by Crippen LogP contribution is 2.16. The van der Waals surface area contributed by atoms with E-state index in [1.54, 1.807) is 24.3 Å². The quantitative estimate of drug-likeness (QED) is 0.0984. The number of aromatic nitrogens is 4. The van der Waals surface area contributed by atoms with Crippen molar-refractivity contribution in [3.05, 3.63) is 130 Å². The molecule has 0 atom stereocenters. The molecular weight excluding hydrogens is 680 g/mol. The van der Waals surface area contributed by atoms with Crippen LogP contribution in [0.15, 0.2) is 78.9 Å². The van der Waals surface area contributed by atoms with Crippen molar-refractivity contribution in [2.75, 3.05) is 13.1 Å². The summed E-state index contributed by atoms with van der Waals surface area (Å²) in [5.74, 6) is -2.43. The van der Waals surface area contributed by atoms with Gasteiger partial charge in [0.05, 0.1) is 47.0 Å². The lowest BCUT2D eigenvalue weighted by atomic mass is 10.0. The van der Waals surface area contributed by atoms with Crippen molar-refractivity contribution in [2.24, 2.45) is 19.1 Å². The molecule has 4 rings (SSSR count). The zero-order valence-corrected chi connectivity index (χ0v) is 27.9. The zero-order chi connectivity index (χ0) is 37.8. The number of nitrogens with zero attached hydrogens (tertiary/aromatic N) is 4. The molecule has 52 heavy (non-hydrogen) atoms. The molecular formula is C34H32N8O10. The number of carbonyl (C=O) groups excluding carboxylic acids is 4. The molecule has 2 aromatic heterocycles. The molecule has 0 aliphatic carbocycles. The molecule has 0 fully saturated rings. The molecule has 18 nitrogen and oxygen atoms in total. The van der Waals surface area contributed by atoms with Crippen molar-refractivity contribution < 1.29 is 28.7 Å². The molecule has 4 aromatic rings. The summed E-state index contributed by atoms with van der Waals surface area (Å²) in [5, 5.41) is 14.8. The monoisotopic (exact) mass is 712 g/mol. The number of rotatable bonds is 14. The summed E-state index contributed by atoms with van der Waals surface area (Å²) >= 11 is 0. The number of esters is 2. The van der Waals surface area contributed by atoms with E-state index >= 15 is 0 Å². The highest BCUT2D eigenvalue weighted by atomic mass is 16.5. The average molecular weight is 713 g/mol. The first-order chi connectivity index (χ1) is 24.8. The fraction of sp³-hybridized carbons (Fsp3) is 0.235. The van der Waals surface area contributed by atoms with E-state index in [1.165, 1.54) is 44.7 Å². The lowest BCUT2D eigenvalue weighted by Crippen LogP contribution is -2.31. The van der Waals surface area contributed by atoms with Gasteiger partial charge in [-0.2, -0.15) is 5.26 Å². The number of benzene rings is 2. The molecule has 2 amide bonds. The van der Waals surface area contributed by atoms with Gasteiger partial charge in [-0.15, -0.1) is 0 Å². The van der Waals surface area contributed by atoms with Crippen molar-refractivity contribution in [1.82, 2.24) is 29.7 Å². The number of aliphatic imine (C=N–C) groups is 1. The number of nitriles is 1. The molecule has 2 heterocycles. The fourth-order valence-electron chi connectivity index (χ4n) is 4.48. The molecule has 0 radical (unpaired) electrons. The molecule has 18 heteroatoms. The third kappa shape index (κ3) is 10.4. The maximum Gasteiger partial charge on any atom is 0.328 e. The summed E-state index contributed by atoms with van der Waals surface area (Å²) in [7, 11) is 2.85. The van der Waals surface area contributed by atoms with Crippen molar-refractivity contribution in [2.45, 2.75) is 26.1 Å². The standard InChI is InChI=1S/C34H32N8O10/c1-41-17-23(31(47)40-33(41)49)18-51-28(44)8-10-36-30(46)21-4-3-5-24(13-21)38-16-20-6-7-26(22(12-20)15-35)32(48)37-11-9-29(45)52-19-25-14-27(43)39-34(50)42(25)2/h3-7,12-14,16-17H,8-11,18-19H2,1-2H3,(H,36,46)(H,37,48)(H,39,43,50)(H,40,47,49). The highest BCUT2D eigenvalue weighted by molar-refractivity contribution is 5.98. The molecule has 0 aliphatic heterocycles. The van der Waals surface area contributed by atoms with Gasteiger partial charge in [0.2, 0.25) is 0 Å². The van der Waals surface area contributed by atoms with Gasteiger partial charge in [-0.3, -0.25) is 48.3 Å². The van der Waals surface area contributed by atoms with Crippen LogP contribution in [0.25, 0.3) is 0 Å². The smallest absolute Gasteiger partial charge is 0.328 e. The summed E-state index contributed by atoms with van der Waals surface area (Å²) in [6.07, 6.45) is 2.33. The number of carbonyl (C=O) groups is 4.